The van der Waals surface area contributed by atoms with E-state index in [4.69, 9.17) is 9.31 Å². The van der Waals surface area contributed by atoms with Gasteiger partial charge in [-0.15, -0.1) is 0 Å². The molecule has 1 saturated heterocycles. The van der Waals surface area contributed by atoms with Crippen LogP contribution < -0.4 is 5.46 Å². The Bertz CT molecular complexity index is 493. The van der Waals surface area contributed by atoms with Crippen molar-refractivity contribution in [2.24, 2.45) is 0 Å². The first-order chi connectivity index (χ1) is 8.78. The molecule has 1 aromatic rings. The van der Waals surface area contributed by atoms with Crippen molar-refractivity contribution >= 4 is 28.5 Å². The van der Waals surface area contributed by atoms with Crippen LogP contribution in [0.5, 0.6) is 0 Å². The molecule has 1 aliphatic carbocycles. The highest BCUT2D eigenvalue weighted by molar-refractivity contribution is 9.10. The van der Waals surface area contributed by atoms with Gasteiger partial charge in [-0.2, -0.15) is 0 Å². The van der Waals surface area contributed by atoms with Crippen molar-refractivity contribution in [2.75, 3.05) is 0 Å². The monoisotopic (exact) mass is 322 g/mol. The summed E-state index contributed by atoms with van der Waals surface area (Å²) >= 11 is 3.60. The number of benzene rings is 1. The van der Waals surface area contributed by atoms with Gasteiger partial charge in [-0.05, 0) is 69.6 Å². The summed E-state index contributed by atoms with van der Waals surface area (Å²) in [6, 6.07) is 6.56. The van der Waals surface area contributed by atoms with E-state index >= 15 is 0 Å². The van der Waals surface area contributed by atoms with Gasteiger partial charge in [0.25, 0.3) is 0 Å². The Hall–Kier alpha value is -0.315. The van der Waals surface area contributed by atoms with Crippen molar-refractivity contribution in [3.05, 3.63) is 28.2 Å². The molecule has 2 aliphatic rings. The average Bonchev–Trinajstić information content (AvgIpc) is 3.06. The minimum absolute atomic E-state index is 0.264. The van der Waals surface area contributed by atoms with E-state index < -0.39 is 0 Å². The van der Waals surface area contributed by atoms with E-state index in [1.54, 1.807) is 0 Å². The summed E-state index contributed by atoms with van der Waals surface area (Å²) in [7, 11) is -0.264. The summed E-state index contributed by atoms with van der Waals surface area (Å²) in [4.78, 5) is 0. The summed E-state index contributed by atoms with van der Waals surface area (Å²) in [5.74, 6) is 0.735. The largest absolute Gasteiger partial charge is 0.494 e. The van der Waals surface area contributed by atoms with Gasteiger partial charge in [-0.1, -0.05) is 22.0 Å². The van der Waals surface area contributed by atoms with Crippen LogP contribution in [0.4, 0.5) is 0 Å². The Morgan fingerprint density at radius 3 is 2.16 bits per heavy atom. The van der Waals surface area contributed by atoms with Gasteiger partial charge in [-0.3, -0.25) is 0 Å². The molecule has 0 aromatic heterocycles. The Balaban J connectivity index is 1.91. The smallest absolute Gasteiger partial charge is 0.399 e. The van der Waals surface area contributed by atoms with Crippen molar-refractivity contribution in [1.29, 1.82) is 0 Å². The summed E-state index contributed by atoms with van der Waals surface area (Å²) in [6.07, 6.45) is 2.61. The van der Waals surface area contributed by atoms with E-state index in [-0.39, 0.29) is 18.3 Å². The highest BCUT2D eigenvalue weighted by Gasteiger charge is 2.51. The predicted molar refractivity (Wildman–Crippen MR) is 81.8 cm³/mol. The van der Waals surface area contributed by atoms with Gasteiger partial charge >= 0.3 is 7.12 Å². The molecule has 3 rings (SSSR count). The molecule has 1 heterocycles. The second-order valence-electron chi connectivity index (χ2n) is 6.68. The highest BCUT2D eigenvalue weighted by Crippen LogP contribution is 2.41. The maximum Gasteiger partial charge on any atom is 0.494 e. The molecule has 0 radical (unpaired) electrons. The molecular weight excluding hydrogens is 303 g/mol. The average molecular weight is 323 g/mol. The van der Waals surface area contributed by atoms with Crippen LogP contribution in [0.3, 0.4) is 0 Å². The maximum atomic E-state index is 6.12. The summed E-state index contributed by atoms with van der Waals surface area (Å²) < 4.78 is 13.3. The number of hydrogen-bond donors (Lipinski definition) is 0. The summed E-state index contributed by atoms with van der Waals surface area (Å²) in [5, 5.41) is 0. The standard InChI is InChI=1S/C15H20BBrO2/c1-14(2)15(3,4)19-16(18-14)12-7-11(10-5-6-10)8-13(17)9-12/h7-10H,5-6H2,1-4H3. The van der Waals surface area contributed by atoms with Crippen LogP contribution in [0, 0.1) is 0 Å². The van der Waals surface area contributed by atoms with Gasteiger partial charge in [0, 0.05) is 4.47 Å². The lowest BCUT2D eigenvalue weighted by atomic mass is 9.78. The van der Waals surface area contributed by atoms with Gasteiger partial charge in [0.05, 0.1) is 11.2 Å². The Morgan fingerprint density at radius 1 is 1.05 bits per heavy atom. The maximum absolute atomic E-state index is 6.12. The molecule has 1 aromatic carbocycles. The quantitative estimate of drug-likeness (QED) is 0.774. The SMILES string of the molecule is CC1(C)OB(c2cc(Br)cc(C3CC3)c2)OC1(C)C. The van der Waals surface area contributed by atoms with E-state index in [9.17, 15) is 0 Å². The minimum Gasteiger partial charge on any atom is -0.399 e. The fourth-order valence-electron chi connectivity index (χ4n) is 2.40. The summed E-state index contributed by atoms with van der Waals surface area (Å²) in [5.41, 5.74) is 1.97. The van der Waals surface area contributed by atoms with Crippen LogP contribution in [0.2, 0.25) is 0 Å². The van der Waals surface area contributed by atoms with Crippen LogP contribution >= 0.6 is 15.9 Å². The van der Waals surface area contributed by atoms with Crippen LogP contribution in [0.25, 0.3) is 0 Å². The van der Waals surface area contributed by atoms with Crippen molar-refractivity contribution in [3.63, 3.8) is 0 Å². The van der Waals surface area contributed by atoms with Gasteiger partial charge in [0.15, 0.2) is 0 Å². The zero-order valence-electron chi connectivity index (χ0n) is 12.0. The third-order valence-corrected chi connectivity index (χ3v) is 4.97. The fraction of sp³-hybridized carbons (Fsp3) is 0.600. The van der Waals surface area contributed by atoms with E-state index in [2.05, 4.69) is 61.8 Å². The van der Waals surface area contributed by atoms with Crippen molar-refractivity contribution < 1.29 is 9.31 Å². The first-order valence-electron chi connectivity index (χ1n) is 6.94. The zero-order valence-corrected chi connectivity index (χ0v) is 13.6. The van der Waals surface area contributed by atoms with Crippen molar-refractivity contribution in [2.45, 2.75) is 57.7 Å². The molecule has 19 heavy (non-hydrogen) atoms. The van der Waals surface area contributed by atoms with Crippen LogP contribution in [0.1, 0.15) is 52.0 Å². The van der Waals surface area contributed by atoms with Crippen LogP contribution in [-0.4, -0.2) is 18.3 Å². The molecule has 2 nitrogen and oxygen atoms in total. The van der Waals surface area contributed by atoms with Crippen LogP contribution in [-0.2, 0) is 9.31 Å². The first-order valence-corrected chi connectivity index (χ1v) is 7.74. The lowest BCUT2D eigenvalue weighted by Crippen LogP contribution is -2.41. The molecule has 0 unspecified atom stereocenters. The third kappa shape index (κ3) is 2.50. The molecule has 0 amide bonds. The Morgan fingerprint density at radius 2 is 1.63 bits per heavy atom. The lowest BCUT2D eigenvalue weighted by molar-refractivity contribution is 0.00578. The molecule has 0 bridgehead atoms. The topological polar surface area (TPSA) is 18.5 Å². The third-order valence-electron chi connectivity index (χ3n) is 4.52. The molecular formula is C15H20BBrO2. The van der Waals surface area contributed by atoms with E-state index in [1.807, 2.05) is 0 Å². The molecule has 102 valence electrons. The van der Waals surface area contributed by atoms with E-state index in [0.29, 0.717) is 0 Å². The van der Waals surface area contributed by atoms with Crippen molar-refractivity contribution in [3.8, 4) is 0 Å². The second-order valence-corrected chi connectivity index (χ2v) is 7.60. The molecule has 0 atom stereocenters. The molecule has 0 N–H and O–H groups in total. The molecule has 4 heteroatoms. The molecule has 0 spiro atoms. The van der Waals surface area contributed by atoms with Gasteiger partial charge in [0.1, 0.15) is 0 Å². The van der Waals surface area contributed by atoms with Gasteiger partial charge < -0.3 is 9.31 Å². The Labute approximate surface area is 124 Å². The van der Waals surface area contributed by atoms with E-state index in [0.717, 1.165) is 15.9 Å². The number of halogens is 1. The first kappa shape index (κ1) is 13.7. The van der Waals surface area contributed by atoms with Crippen LogP contribution in [0.15, 0.2) is 22.7 Å². The van der Waals surface area contributed by atoms with Gasteiger partial charge in [0.2, 0.25) is 0 Å². The normalized spacial score (nSPS) is 24.8. The molecule has 2 fully saturated rings. The number of hydrogen-bond acceptors (Lipinski definition) is 2. The van der Waals surface area contributed by atoms with Crippen molar-refractivity contribution in [1.82, 2.24) is 0 Å². The second kappa shape index (κ2) is 4.34. The van der Waals surface area contributed by atoms with Gasteiger partial charge in [-0.25, -0.2) is 0 Å². The molecule has 1 aliphatic heterocycles. The highest BCUT2D eigenvalue weighted by atomic mass is 79.9. The van der Waals surface area contributed by atoms with E-state index in [1.165, 1.54) is 18.4 Å². The predicted octanol–water partition coefficient (Wildman–Crippen LogP) is 3.63. The minimum atomic E-state index is -0.278. The Kier molecular flexibility index (Phi) is 3.12. The fourth-order valence-corrected chi connectivity index (χ4v) is 2.93. The number of rotatable bonds is 2. The lowest BCUT2D eigenvalue weighted by Gasteiger charge is -2.32. The molecule has 1 saturated carbocycles. The summed E-state index contributed by atoms with van der Waals surface area (Å²) in [6.45, 7) is 8.36. The zero-order chi connectivity index (χ0) is 13.8.